The van der Waals surface area contributed by atoms with E-state index in [9.17, 15) is 56.2 Å². The quantitative estimate of drug-likeness (QED) is 0.235. The van der Waals surface area contributed by atoms with Gasteiger partial charge in [0, 0.05) is 56.1 Å². The van der Waals surface area contributed by atoms with Gasteiger partial charge in [0.25, 0.3) is 5.91 Å². The van der Waals surface area contributed by atoms with Crippen molar-refractivity contribution in [3.63, 3.8) is 0 Å². The molecule has 0 spiro atoms. The Hall–Kier alpha value is -3.79. The highest BCUT2D eigenvalue weighted by Crippen LogP contribution is 3.02. The Morgan fingerprint density at radius 2 is 1.72 bits per heavy atom. The van der Waals surface area contributed by atoms with E-state index in [1.54, 1.807) is 6.19 Å². The molecule has 1 saturated heterocycles. The normalized spacial score (nSPS) is 22.7. The number of nitriles is 1. The minimum atomic E-state index is -10.3. The molecule has 4 rings (SSSR count). The number of carbonyl (C=O) groups is 2. The molecule has 1 aromatic heterocycles. The Balaban J connectivity index is 1.91. The molecule has 1 aliphatic heterocycles. The number of benzene rings is 1. The lowest BCUT2D eigenvalue weighted by molar-refractivity contribution is -0.139. The van der Waals surface area contributed by atoms with Gasteiger partial charge in [-0.1, -0.05) is 19.4 Å². The number of ether oxygens (including phenoxy) is 1. The van der Waals surface area contributed by atoms with Crippen molar-refractivity contribution in [3.8, 4) is 6.19 Å². The lowest BCUT2D eigenvalue weighted by Crippen LogP contribution is -2.52. The van der Waals surface area contributed by atoms with Crippen molar-refractivity contribution in [1.82, 2.24) is 15.2 Å². The number of anilines is 1. The number of aromatic nitrogens is 1. The molecule has 3 atom stereocenters. The Labute approximate surface area is 256 Å². The number of nitrogens with one attached hydrogen (secondary N) is 1. The summed E-state index contributed by atoms with van der Waals surface area (Å²) in [7, 11) is -9.01. The van der Waals surface area contributed by atoms with Gasteiger partial charge in [-0.2, -0.15) is 18.4 Å². The molecule has 2 heterocycles. The molecule has 2 aromatic rings. The molecule has 2 fully saturated rings. The summed E-state index contributed by atoms with van der Waals surface area (Å²) in [6.07, 6.45) is -5.04. The van der Waals surface area contributed by atoms with Crippen molar-refractivity contribution in [2.75, 3.05) is 18.6 Å². The third-order valence-corrected chi connectivity index (χ3v) is 8.99. The van der Waals surface area contributed by atoms with Crippen molar-refractivity contribution < 1.29 is 55.7 Å². The lowest BCUT2D eigenvalue weighted by Gasteiger charge is -2.41. The lowest BCUT2D eigenvalue weighted by atomic mass is 9.91. The summed E-state index contributed by atoms with van der Waals surface area (Å²) in [5, 5.41) is 12.0. The van der Waals surface area contributed by atoms with Crippen LogP contribution in [0.3, 0.4) is 0 Å². The maximum absolute atomic E-state index is 14.2. The molecule has 1 aromatic carbocycles. The highest BCUT2D eigenvalue weighted by Gasteiger charge is 2.65. The predicted octanol–water partition coefficient (Wildman–Crippen LogP) is 7.10. The smallest absolute Gasteiger partial charge is 0.379 e. The molecular formula is C27H27F10N5O3S. The van der Waals surface area contributed by atoms with Crippen LogP contribution in [-0.2, 0) is 20.5 Å². The second-order valence-electron chi connectivity index (χ2n) is 11.0. The minimum absolute atomic E-state index is 0.0854. The molecule has 254 valence electrons. The zero-order valence-corrected chi connectivity index (χ0v) is 24.6. The number of amides is 2. The molecule has 46 heavy (non-hydrogen) atoms. The first-order chi connectivity index (χ1) is 21.0. The van der Waals surface area contributed by atoms with Gasteiger partial charge in [-0.3, -0.25) is 24.4 Å². The zero-order valence-electron chi connectivity index (χ0n) is 23.8. The second kappa shape index (κ2) is 11.5. The van der Waals surface area contributed by atoms with E-state index < -0.39 is 92.9 Å². The van der Waals surface area contributed by atoms with Gasteiger partial charge in [0.2, 0.25) is 11.8 Å². The molecule has 8 nitrogen and oxygen atoms in total. The third-order valence-electron chi connectivity index (χ3n) is 7.83. The first kappa shape index (κ1) is 35.1. The molecule has 3 unspecified atom stereocenters. The monoisotopic (exact) mass is 691 g/mol. The Kier molecular flexibility index (Phi) is 8.75. The number of alkyl halides is 5. The topological polar surface area (TPSA) is 98.6 Å². The molecular weight excluding hydrogens is 664 g/mol. The largest absolute Gasteiger partial charge is 0.416 e. The van der Waals surface area contributed by atoms with Crippen molar-refractivity contribution >= 4 is 27.7 Å². The fourth-order valence-corrected chi connectivity index (χ4v) is 6.14. The van der Waals surface area contributed by atoms with E-state index in [1.165, 1.54) is 7.11 Å². The maximum atomic E-state index is 14.2. The molecule has 0 bridgehead atoms. The highest BCUT2D eigenvalue weighted by molar-refractivity contribution is 8.45. The fourth-order valence-electron chi connectivity index (χ4n) is 5.49. The summed E-state index contributed by atoms with van der Waals surface area (Å²) < 4.78 is 143. The number of hydrogen-bond donors (Lipinski definition) is 1. The number of rotatable bonds is 8. The van der Waals surface area contributed by atoms with Crippen LogP contribution in [0.15, 0.2) is 47.6 Å². The van der Waals surface area contributed by atoms with Crippen LogP contribution in [0.4, 0.5) is 47.1 Å². The molecule has 0 radical (unpaired) electrons. The van der Waals surface area contributed by atoms with E-state index in [0.29, 0.717) is 29.3 Å². The van der Waals surface area contributed by atoms with Gasteiger partial charge in [0.1, 0.15) is 17.0 Å². The first-order valence-electron chi connectivity index (χ1n) is 13.6. The van der Waals surface area contributed by atoms with Crippen LogP contribution in [0.5, 0.6) is 0 Å². The summed E-state index contributed by atoms with van der Waals surface area (Å²) in [5.74, 6) is -5.65. The van der Waals surface area contributed by atoms with E-state index in [4.69, 9.17) is 4.74 Å². The van der Waals surface area contributed by atoms with Gasteiger partial charge in [-0.25, -0.2) is 8.78 Å². The maximum Gasteiger partial charge on any atom is 0.416 e. The van der Waals surface area contributed by atoms with E-state index in [0.717, 1.165) is 11.1 Å². The van der Waals surface area contributed by atoms with Crippen LogP contribution in [0.25, 0.3) is 0 Å². The number of pyridine rings is 1. The summed E-state index contributed by atoms with van der Waals surface area (Å²) in [5.41, 5.74) is -3.14. The molecule has 19 heteroatoms. The average Bonchev–Trinajstić information content (AvgIpc) is 3.39. The van der Waals surface area contributed by atoms with Crippen molar-refractivity contribution in [1.29, 1.82) is 5.26 Å². The van der Waals surface area contributed by atoms with Crippen LogP contribution in [0, 0.1) is 11.5 Å². The molecule has 1 aliphatic carbocycles. The summed E-state index contributed by atoms with van der Waals surface area (Å²) in [6.45, 7) is -0.172. The van der Waals surface area contributed by atoms with Crippen LogP contribution >= 0.6 is 10.2 Å². The predicted molar refractivity (Wildman–Crippen MR) is 144 cm³/mol. The molecule has 1 saturated carbocycles. The van der Waals surface area contributed by atoms with Crippen LogP contribution < -0.4 is 10.2 Å². The zero-order chi connectivity index (χ0) is 34.4. The van der Waals surface area contributed by atoms with E-state index in [2.05, 4.69) is 10.3 Å². The van der Waals surface area contributed by atoms with Crippen molar-refractivity contribution in [3.05, 3.63) is 53.9 Å². The fraction of sp³-hybridized carbons (Fsp3) is 0.481. The Bertz CT molecular complexity index is 1510. The molecule has 2 amide bonds. The number of methoxy groups -OCH3 is 1. The summed E-state index contributed by atoms with van der Waals surface area (Å²) in [4.78, 5) is 30.6. The van der Waals surface area contributed by atoms with Gasteiger partial charge >= 0.3 is 16.4 Å². The van der Waals surface area contributed by atoms with E-state index >= 15 is 0 Å². The van der Waals surface area contributed by atoms with Crippen molar-refractivity contribution in [2.24, 2.45) is 0 Å². The van der Waals surface area contributed by atoms with Crippen molar-refractivity contribution in [2.45, 2.75) is 73.3 Å². The first-order valence-corrected chi connectivity index (χ1v) is 15.6. The van der Waals surface area contributed by atoms with E-state index in [-0.39, 0.29) is 37.9 Å². The molecule has 1 N–H and O–H groups in total. The van der Waals surface area contributed by atoms with Gasteiger partial charge in [0.15, 0.2) is 6.19 Å². The van der Waals surface area contributed by atoms with Crippen LogP contribution in [-0.4, -0.2) is 59.5 Å². The number of hydrogen-bond acceptors (Lipinski definition) is 6. The minimum Gasteiger partial charge on any atom is -0.379 e. The second-order valence-corrected chi connectivity index (χ2v) is 13.4. The van der Waals surface area contributed by atoms with E-state index in [1.807, 2.05) is 0 Å². The van der Waals surface area contributed by atoms with Crippen LogP contribution in [0.1, 0.15) is 49.3 Å². The standard InChI is InChI=1S/C27H27F10N5O3S/c1-45-18-12-22(41(14-18)15-38)25(44)42(17-2-4-19(5-3-17)46(33,34,35,36)37)23(20-13-39-11-8-21(20)27(30,31)32)24(43)40-16-6-9-26(28,29)10-7-16/h2-5,8,11,13,16,18,22-23H,6-7,9-10,12,14H2,1H3,(H,40,43). The summed E-state index contributed by atoms with van der Waals surface area (Å²) in [6, 6.07) is -3.79. The molecule has 2 aliphatic rings. The average molecular weight is 692 g/mol. The SMILES string of the molecule is COC1CC(C(=O)N(c2ccc(S(F)(F)(F)(F)F)cc2)C(C(=O)NC2CCC(F)(F)CC2)c2cnccc2C(F)(F)F)N(C#N)C1. The Morgan fingerprint density at radius 1 is 1.11 bits per heavy atom. The third kappa shape index (κ3) is 7.77. The van der Waals surface area contributed by atoms with Gasteiger partial charge < -0.3 is 10.1 Å². The van der Waals surface area contributed by atoms with Gasteiger partial charge in [-0.05, 0) is 43.2 Å². The Morgan fingerprint density at radius 3 is 2.24 bits per heavy atom. The van der Waals surface area contributed by atoms with Gasteiger partial charge in [0.05, 0.1) is 18.2 Å². The van der Waals surface area contributed by atoms with Crippen LogP contribution in [0.2, 0.25) is 0 Å². The highest BCUT2D eigenvalue weighted by atomic mass is 32.5. The van der Waals surface area contributed by atoms with Gasteiger partial charge in [-0.15, -0.1) is 0 Å². The number of carbonyl (C=O) groups excluding carboxylic acids is 2. The number of halogens is 10. The summed E-state index contributed by atoms with van der Waals surface area (Å²) >= 11 is 0. The number of nitrogens with zero attached hydrogens (tertiary/aromatic N) is 4. The number of likely N-dealkylation sites (tertiary alicyclic amines) is 1.